The van der Waals surface area contributed by atoms with Crippen molar-refractivity contribution in [3.63, 3.8) is 0 Å². The molecule has 0 aliphatic carbocycles. The van der Waals surface area contributed by atoms with Crippen LogP contribution in [0.5, 0.6) is 5.75 Å². The summed E-state index contributed by atoms with van der Waals surface area (Å²) in [6, 6.07) is 9.83. The number of thiophene rings is 1. The molecular formula is C22H28N2O4S. The van der Waals surface area contributed by atoms with E-state index in [9.17, 15) is 9.59 Å². The summed E-state index contributed by atoms with van der Waals surface area (Å²) in [4.78, 5) is 30.1. The van der Waals surface area contributed by atoms with Crippen LogP contribution in [-0.4, -0.2) is 62.1 Å². The Kier molecular flexibility index (Phi) is 7.28. The smallest absolute Gasteiger partial charge is 0.242 e. The molecule has 0 unspecified atom stereocenters. The molecule has 2 heterocycles. The van der Waals surface area contributed by atoms with Crippen molar-refractivity contribution in [1.29, 1.82) is 0 Å². The van der Waals surface area contributed by atoms with Gasteiger partial charge in [0.15, 0.2) is 0 Å². The van der Waals surface area contributed by atoms with Gasteiger partial charge in [-0.1, -0.05) is 12.1 Å². The first-order valence-electron chi connectivity index (χ1n) is 9.79. The van der Waals surface area contributed by atoms with Gasteiger partial charge in [-0.2, -0.15) is 0 Å². The first kappa shape index (κ1) is 21.3. The zero-order valence-electron chi connectivity index (χ0n) is 17.2. The van der Waals surface area contributed by atoms with Gasteiger partial charge in [0.05, 0.1) is 19.7 Å². The molecule has 1 aromatic heterocycles. The lowest BCUT2D eigenvalue weighted by molar-refractivity contribution is -0.140. The van der Waals surface area contributed by atoms with Gasteiger partial charge in [-0.05, 0) is 47.5 Å². The van der Waals surface area contributed by atoms with Crippen molar-refractivity contribution in [2.24, 2.45) is 0 Å². The molecule has 0 N–H and O–H groups in total. The first-order valence-corrected chi connectivity index (χ1v) is 10.7. The van der Waals surface area contributed by atoms with E-state index in [-0.39, 0.29) is 24.4 Å². The Labute approximate surface area is 176 Å². The van der Waals surface area contributed by atoms with Gasteiger partial charge in [0.1, 0.15) is 5.75 Å². The first-order chi connectivity index (χ1) is 14.0. The molecule has 0 saturated carbocycles. The van der Waals surface area contributed by atoms with E-state index < -0.39 is 0 Å². The molecule has 0 fully saturated rings. The van der Waals surface area contributed by atoms with Gasteiger partial charge < -0.3 is 19.3 Å². The molecular weight excluding hydrogens is 388 g/mol. The number of nitrogens with zero attached hydrogens (tertiary/aromatic N) is 2. The van der Waals surface area contributed by atoms with E-state index in [4.69, 9.17) is 9.47 Å². The summed E-state index contributed by atoms with van der Waals surface area (Å²) in [5.74, 6) is 0.660. The minimum absolute atomic E-state index is 0.0321. The molecule has 0 bridgehead atoms. The van der Waals surface area contributed by atoms with Crippen LogP contribution in [0, 0.1) is 0 Å². The standard InChI is InChI=1S/C22H28N2O4S/c1-16(25)23(11-4-13-27-2)15-21(26)24-12-9-20-19(10-14-29-20)22(24)17-5-7-18(28-3)8-6-17/h5-8,10,14,22H,4,9,11-13,15H2,1-3H3/t22-/m0/s1. The number of amides is 2. The summed E-state index contributed by atoms with van der Waals surface area (Å²) in [5.41, 5.74) is 2.22. The number of rotatable bonds is 8. The van der Waals surface area contributed by atoms with Gasteiger partial charge in [-0.3, -0.25) is 9.59 Å². The van der Waals surface area contributed by atoms with Crippen molar-refractivity contribution in [2.45, 2.75) is 25.8 Å². The Hall–Kier alpha value is -2.38. The molecule has 1 aromatic carbocycles. The average molecular weight is 417 g/mol. The number of benzene rings is 1. The molecule has 1 aliphatic heterocycles. The second-order valence-electron chi connectivity index (χ2n) is 7.10. The summed E-state index contributed by atoms with van der Waals surface area (Å²) in [5, 5.41) is 2.09. The van der Waals surface area contributed by atoms with Gasteiger partial charge in [-0.25, -0.2) is 0 Å². The van der Waals surface area contributed by atoms with E-state index >= 15 is 0 Å². The summed E-state index contributed by atoms with van der Waals surface area (Å²) in [7, 11) is 3.28. The molecule has 0 saturated heterocycles. The molecule has 0 spiro atoms. The minimum atomic E-state index is -0.142. The lowest BCUT2D eigenvalue weighted by Gasteiger charge is -2.37. The lowest BCUT2D eigenvalue weighted by atomic mass is 9.93. The molecule has 6 nitrogen and oxygen atoms in total. The Balaban J connectivity index is 1.83. The highest BCUT2D eigenvalue weighted by molar-refractivity contribution is 7.10. The molecule has 3 rings (SSSR count). The van der Waals surface area contributed by atoms with Crippen LogP contribution in [0.25, 0.3) is 0 Å². The van der Waals surface area contributed by atoms with Gasteiger partial charge in [0.25, 0.3) is 0 Å². The predicted octanol–water partition coefficient (Wildman–Crippen LogP) is 3.12. The second kappa shape index (κ2) is 9.89. The van der Waals surface area contributed by atoms with Crippen molar-refractivity contribution >= 4 is 23.2 Å². The number of hydrogen-bond donors (Lipinski definition) is 0. The fourth-order valence-corrected chi connectivity index (χ4v) is 4.64. The molecule has 2 aromatic rings. The fraction of sp³-hybridized carbons (Fsp3) is 0.455. The van der Waals surface area contributed by atoms with E-state index in [1.807, 2.05) is 29.2 Å². The molecule has 7 heteroatoms. The van der Waals surface area contributed by atoms with Crippen molar-refractivity contribution in [1.82, 2.24) is 9.80 Å². The Morgan fingerprint density at radius 2 is 1.97 bits per heavy atom. The summed E-state index contributed by atoms with van der Waals surface area (Å²) >= 11 is 1.74. The van der Waals surface area contributed by atoms with Crippen LogP contribution in [0.3, 0.4) is 0 Å². The summed E-state index contributed by atoms with van der Waals surface area (Å²) < 4.78 is 10.4. The Bertz CT molecular complexity index is 834. The predicted molar refractivity (Wildman–Crippen MR) is 113 cm³/mol. The zero-order valence-corrected chi connectivity index (χ0v) is 18.0. The van der Waals surface area contributed by atoms with Crippen LogP contribution in [0.2, 0.25) is 0 Å². The zero-order chi connectivity index (χ0) is 20.8. The van der Waals surface area contributed by atoms with E-state index in [1.54, 1.807) is 30.5 Å². The van der Waals surface area contributed by atoms with Gasteiger partial charge in [0, 0.05) is 38.6 Å². The van der Waals surface area contributed by atoms with Crippen LogP contribution in [0.4, 0.5) is 0 Å². The number of carbonyl (C=O) groups is 2. The Morgan fingerprint density at radius 3 is 2.62 bits per heavy atom. The molecule has 2 amide bonds. The SMILES string of the molecule is COCCCN(CC(=O)N1CCc2sccc2[C@@H]1c1ccc(OC)cc1)C(C)=O. The molecule has 1 aliphatic rings. The third kappa shape index (κ3) is 4.97. The molecule has 156 valence electrons. The highest BCUT2D eigenvalue weighted by atomic mass is 32.1. The lowest BCUT2D eigenvalue weighted by Crippen LogP contribution is -2.46. The highest BCUT2D eigenvalue weighted by Gasteiger charge is 2.33. The minimum Gasteiger partial charge on any atom is -0.497 e. The quantitative estimate of drug-likeness (QED) is 0.621. The van der Waals surface area contributed by atoms with E-state index in [0.717, 1.165) is 17.7 Å². The number of hydrogen-bond acceptors (Lipinski definition) is 5. The third-order valence-electron chi connectivity index (χ3n) is 5.27. The monoisotopic (exact) mass is 416 g/mol. The Morgan fingerprint density at radius 1 is 1.21 bits per heavy atom. The van der Waals surface area contributed by atoms with Crippen molar-refractivity contribution in [3.05, 3.63) is 51.7 Å². The topological polar surface area (TPSA) is 59.1 Å². The number of methoxy groups -OCH3 is 2. The second-order valence-corrected chi connectivity index (χ2v) is 8.10. The van der Waals surface area contributed by atoms with Crippen LogP contribution in [0.1, 0.15) is 35.4 Å². The molecule has 1 atom stereocenters. The van der Waals surface area contributed by atoms with E-state index in [0.29, 0.717) is 26.1 Å². The maximum absolute atomic E-state index is 13.3. The van der Waals surface area contributed by atoms with E-state index in [1.165, 1.54) is 17.4 Å². The maximum atomic E-state index is 13.3. The number of fused-ring (bicyclic) bond motifs is 1. The van der Waals surface area contributed by atoms with Gasteiger partial charge >= 0.3 is 0 Å². The molecule has 29 heavy (non-hydrogen) atoms. The van der Waals surface area contributed by atoms with E-state index in [2.05, 4.69) is 11.4 Å². The highest BCUT2D eigenvalue weighted by Crippen LogP contribution is 2.38. The van der Waals surface area contributed by atoms with Gasteiger partial charge in [0.2, 0.25) is 11.8 Å². The largest absolute Gasteiger partial charge is 0.497 e. The van der Waals surface area contributed by atoms with Crippen LogP contribution < -0.4 is 4.74 Å². The third-order valence-corrected chi connectivity index (χ3v) is 6.26. The van der Waals surface area contributed by atoms with Crippen LogP contribution in [0.15, 0.2) is 35.7 Å². The normalized spacial score (nSPS) is 15.7. The van der Waals surface area contributed by atoms with Crippen LogP contribution >= 0.6 is 11.3 Å². The van der Waals surface area contributed by atoms with Crippen molar-refractivity contribution in [3.8, 4) is 5.75 Å². The van der Waals surface area contributed by atoms with Crippen molar-refractivity contribution < 1.29 is 19.1 Å². The summed E-state index contributed by atoms with van der Waals surface area (Å²) in [6.07, 6.45) is 1.55. The number of carbonyl (C=O) groups excluding carboxylic acids is 2. The molecule has 0 radical (unpaired) electrons. The number of ether oxygens (including phenoxy) is 2. The fourth-order valence-electron chi connectivity index (χ4n) is 3.73. The average Bonchev–Trinajstić information content (AvgIpc) is 3.21. The van der Waals surface area contributed by atoms with Crippen LogP contribution in [-0.2, 0) is 20.7 Å². The summed E-state index contributed by atoms with van der Waals surface area (Å²) in [6.45, 7) is 3.32. The maximum Gasteiger partial charge on any atom is 0.242 e. The van der Waals surface area contributed by atoms with Gasteiger partial charge in [-0.15, -0.1) is 11.3 Å². The van der Waals surface area contributed by atoms with Crippen molar-refractivity contribution in [2.75, 3.05) is 40.5 Å².